The highest BCUT2D eigenvalue weighted by Crippen LogP contribution is 2.16. The Morgan fingerprint density at radius 1 is 1.35 bits per heavy atom. The molecule has 0 spiro atoms. The fourth-order valence-electron chi connectivity index (χ4n) is 2.06. The minimum absolute atomic E-state index is 0.217. The van der Waals surface area contributed by atoms with Crippen molar-refractivity contribution in [3.63, 3.8) is 0 Å². The normalized spacial score (nSPS) is 10.7. The molecule has 0 radical (unpaired) electrons. The first-order chi connectivity index (χ1) is 9.76. The van der Waals surface area contributed by atoms with Gasteiger partial charge in [-0.1, -0.05) is 6.07 Å². The zero-order valence-electron chi connectivity index (χ0n) is 11.8. The number of fused-ring (bicyclic) bond motifs is 1. The standard InChI is InChI=1S/C14H19N3O3/c1-19-11-10-16(8-6-14(18)20-2)13-5-3-4-12-15-7-9-17(12)13/h3-5,7,9H,6,8,10-11H2,1-2H3. The van der Waals surface area contributed by atoms with Gasteiger partial charge in [0.25, 0.3) is 0 Å². The summed E-state index contributed by atoms with van der Waals surface area (Å²) in [6.07, 6.45) is 4.00. The average Bonchev–Trinajstić information content (AvgIpc) is 2.95. The number of nitrogens with zero attached hydrogens (tertiary/aromatic N) is 3. The molecular weight excluding hydrogens is 258 g/mol. The van der Waals surface area contributed by atoms with Crippen LogP contribution in [0.5, 0.6) is 0 Å². The number of anilines is 1. The fraction of sp³-hybridized carbons (Fsp3) is 0.429. The first-order valence-electron chi connectivity index (χ1n) is 6.49. The summed E-state index contributed by atoms with van der Waals surface area (Å²) in [6, 6.07) is 5.90. The molecule has 0 amide bonds. The van der Waals surface area contributed by atoms with E-state index in [0.717, 1.165) is 11.5 Å². The quantitative estimate of drug-likeness (QED) is 0.715. The van der Waals surface area contributed by atoms with Crippen LogP contribution >= 0.6 is 0 Å². The highest BCUT2D eigenvalue weighted by molar-refractivity contribution is 5.70. The van der Waals surface area contributed by atoms with Crippen molar-refractivity contribution >= 4 is 17.4 Å². The SMILES string of the molecule is COCCN(CCC(=O)OC)c1cccc2nccn12. The number of carbonyl (C=O) groups is 1. The van der Waals surface area contributed by atoms with Crippen molar-refractivity contribution in [1.82, 2.24) is 9.38 Å². The maximum Gasteiger partial charge on any atom is 0.307 e. The van der Waals surface area contributed by atoms with Gasteiger partial charge in [-0.2, -0.15) is 0 Å². The van der Waals surface area contributed by atoms with Crippen LogP contribution in [0.1, 0.15) is 6.42 Å². The van der Waals surface area contributed by atoms with Crippen molar-refractivity contribution in [2.24, 2.45) is 0 Å². The molecule has 0 N–H and O–H groups in total. The van der Waals surface area contributed by atoms with Crippen LogP contribution in [-0.4, -0.2) is 49.3 Å². The number of methoxy groups -OCH3 is 2. The molecule has 20 heavy (non-hydrogen) atoms. The van der Waals surface area contributed by atoms with E-state index in [1.54, 1.807) is 13.3 Å². The van der Waals surface area contributed by atoms with Gasteiger partial charge < -0.3 is 14.4 Å². The molecule has 0 unspecified atom stereocenters. The molecule has 0 aliphatic rings. The number of rotatable bonds is 7. The van der Waals surface area contributed by atoms with Crippen LogP contribution in [0.4, 0.5) is 5.82 Å². The number of hydrogen-bond acceptors (Lipinski definition) is 5. The Hall–Kier alpha value is -2.08. The molecule has 0 saturated carbocycles. The molecule has 6 heteroatoms. The van der Waals surface area contributed by atoms with Crippen LogP contribution in [0.3, 0.4) is 0 Å². The van der Waals surface area contributed by atoms with Gasteiger partial charge in [-0.05, 0) is 12.1 Å². The molecule has 2 aromatic heterocycles. The molecule has 0 bridgehead atoms. The first kappa shape index (κ1) is 14.3. The van der Waals surface area contributed by atoms with E-state index in [2.05, 4.69) is 9.88 Å². The van der Waals surface area contributed by atoms with E-state index < -0.39 is 0 Å². The number of carbonyl (C=O) groups excluding carboxylic acids is 1. The van der Waals surface area contributed by atoms with Crippen molar-refractivity contribution < 1.29 is 14.3 Å². The van der Waals surface area contributed by atoms with E-state index in [-0.39, 0.29) is 5.97 Å². The minimum atomic E-state index is -0.217. The van der Waals surface area contributed by atoms with Crippen molar-refractivity contribution in [3.8, 4) is 0 Å². The highest BCUT2D eigenvalue weighted by Gasteiger charge is 2.12. The molecule has 0 saturated heterocycles. The third-order valence-electron chi connectivity index (χ3n) is 3.11. The second-order valence-corrected chi connectivity index (χ2v) is 4.35. The maximum atomic E-state index is 11.3. The Morgan fingerprint density at radius 2 is 2.20 bits per heavy atom. The molecule has 2 aromatic rings. The summed E-state index contributed by atoms with van der Waals surface area (Å²) >= 11 is 0. The lowest BCUT2D eigenvalue weighted by Crippen LogP contribution is -2.31. The molecule has 0 aliphatic carbocycles. The third-order valence-corrected chi connectivity index (χ3v) is 3.11. The molecule has 0 atom stereocenters. The first-order valence-corrected chi connectivity index (χ1v) is 6.49. The van der Waals surface area contributed by atoms with Crippen LogP contribution in [0.15, 0.2) is 30.6 Å². The molecule has 2 rings (SSSR count). The van der Waals surface area contributed by atoms with Gasteiger partial charge in [0, 0.05) is 32.6 Å². The lowest BCUT2D eigenvalue weighted by Gasteiger charge is -2.24. The predicted molar refractivity (Wildman–Crippen MR) is 75.9 cm³/mol. The molecule has 0 aromatic carbocycles. The van der Waals surface area contributed by atoms with E-state index in [1.165, 1.54) is 7.11 Å². The number of pyridine rings is 1. The fourth-order valence-corrected chi connectivity index (χ4v) is 2.06. The van der Waals surface area contributed by atoms with Crippen LogP contribution in [0.25, 0.3) is 5.65 Å². The zero-order valence-corrected chi connectivity index (χ0v) is 11.8. The van der Waals surface area contributed by atoms with Gasteiger partial charge in [-0.3, -0.25) is 9.20 Å². The maximum absolute atomic E-state index is 11.3. The van der Waals surface area contributed by atoms with Crippen molar-refractivity contribution in [2.45, 2.75) is 6.42 Å². The molecule has 2 heterocycles. The average molecular weight is 277 g/mol. The van der Waals surface area contributed by atoms with Gasteiger partial charge in [-0.25, -0.2) is 4.98 Å². The van der Waals surface area contributed by atoms with Crippen LogP contribution in [0.2, 0.25) is 0 Å². The number of esters is 1. The minimum Gasteiger partial charge on any atom is -0.469 e. The van der Waals surface area contributed by atoms with Crippen LogP contribution < -0.4 is 4.90 Å². The van der Waals surface area contributed by atoms with Gasteiger partial charge in [0.1, 0.15) is 11.5 Å². The smallest absolute Gasteiger partial charge is 0.307 e. The Kier molecular flexibility index (Phi) is 4.95. The Labute approximate surface area is 117 Å². The second kappa shape index (κ2) is 6.91. The van der Waals surface area contributed by atoms with Gasteiger partial charge >= 0.3 is 5.97 Å². The van der Waals surface area contributed by atoms with Crippen LogP contribution in [0, 0.1) is 0 Å². The zero-order chi connectivity index (χ0) is 14.4. The van der Waals surface area contributed by atoms with E-state index in [1.807, 2.05) is 28.8 Å². The number of hydrogen-bond donors (Lipinski definition) is 0. The summed E-state index contributed by atoms with van der Waals surface area (Å²) in [6.45, 7) is 1.87. The largest absolute Gasteiger partial charge is 0.469 e. The van der Waals surface area contributed by atoms with Gasteiger partial charge in [0.2, 0.25) is 0 Å². The monoisotopic (exact) mass is 277 g/mol. The van der Waals surface area contributed by atoms with E-state index in [0.29, 0.717) is 26.1 Å². The summed E-state index contributed by atoms with van der Waals surface area (Å²) in [5.41, 5.74) is 0.878. The summed E-state index contributed by atoms with van der Waals surface area (Å²) < 4.78 is 11.8. The molecule has 0 aliphatic heterocycles. The van der Waals surface area contributed by atoms with Gasteiger partial charge in [-0.15, -0.1) is 0 Å². The Balaban J connectivity index is 2.20. The van der Waals surface area contributed by atoms with Crippen LogP contribution in [-0.2, 0) is 14.3 Å². The number of ether oxygens (including phenoxy) is 2. The van der Waals surface area contributed by atoms with Crippen molar-refractivity contribution in [3.05, 3.63) is 30.6 Å². The lowest BCUT2D eigenvalue weighted by atomic mass is 10.3. The van der Waals surface area contributed by atoms with Gasteiger partial charge in [0.05, 0.1) is 20.1 Å². The Bertz CT molecular complexity index is 568. The molecule has 6 nitrogen and oxygen atoms in total. The van der Waals surface area contributed by atoms with Gasteiger partial charge in [0.15, 0.2) is 0 Å². The second-order valence-electron chi connectivity index (χ2n) is 4.35. The summed E-state index contributed by atoms with van der Waals surface area (Å²) in [5.74, 6) is 0.770. The molecule has 0 fully saturated rings. The summed E-state index contributed by atoms with van der Waals surface area (Å²) in [7, 11) is 3.06. The summed E-state index contributed by atoms with van der Waals surface area (Å²) in [5, 5.41) is 0. The third kappa shape index (κ3) is 3.27. The number of imidazole rings is 1. The summed E-state index contributed by atoms with van der Waals surface area (Å²) in [4.78, 5) is 17.7. The lowest BCUT2D eigenvalue weighted by molar-refractivity contribution is -0.140. The molecule has 108 valence electrons. The van der Waals surface area contributed by atoms with E-state index in [4.69, 9.17) is 9.47 Å². The number of aromatic nitrogens is 2. The highest BCUT2D eigenvalue weighted by atomic mass is 16.5. The topological polar surface area (TPSA) is 56.1 Å². The Morgan fingerprint density at radius 3 is 2.95 bits per heavy atom. The molecular formula is C14H19N3O3. The van der Waals surface area contributed by atoms with E-state index in [9.17, 15) is 4.79 Å². The predicted octanol–water partition coefficient (Wildman–Crippen LogP) is 1.35. The van der Waals surface area contributed by atoms with Crippen molar-refractivity contribution in [1.29, 1.82) is 0 Å². The van der Waals surface area contributed by atoms with Crippen molar-refractivity contribution in [2.75, 3.05) is 38.8 Å². The van der Waals surface area contributed by atoms with E-state index >= 15 is 0 Å².